The molecule has 2 aliphatic heterocycles. The van der Waals surface area contributed by atoms with E-state index in [9.17, 15) is 4.79 Å². The van der Waals surface area contributed by atoms with E-state index in [1.807, 2.05) is 0 Å². The molecule has 0 aliphatic carbocycles. The second-order valence-corrected chi connectivity index (χ2v) is 7.05. The standard InChI is InChI=1S/C18H32N6O.2ClH/c1-4-15(22(5-2)6-3)18(25)23-10-7-14(8-11-23)17-21-20-16-13-19-9-12-24(16)17;;/h14-15,19H,4-13H2,1-3H3;2*1H. The number of likely N-dealkylation sites (tertiary alicyclic amines) is 1. The molecule has 0 aromatic carbocycles. The van der Waals surface area contributed by atoms with Gasteiger partial charge in [-0.25, -0.2) is 0 Å². The summed E-state index contributed by atoms with van der Waals surface area (Å²) < 4.78 is 2.28. The van der Waals surface area contributed by atoms with Crippen LogP contribution in [0.2, 0.25) is 0 Å². The second kappa shape index (κ2) is 11.2. The molecule has 1 fully saturated rings. The largest absolute Gasteiger partial charge is 0.341 e. The number of nitrogens with zero attached hydrogens (tertiary/aromatic N) is 5. The third kappa shape index (κ3) is 5.13. The van der Waals surface area contributed by atoms with E-state index in [-0.39, 0.29) is 30.9 Å². The first-order valence-electron chi connectivity index (χ1n) is 9.85. The lowest BCUT2D eigenvalue weighted by molar-refractivity contribution is -0.138. The quantitative estimate of drug-likeness (QED) is 0.762. The number of likely N-dealkylation sites (N-methyl/N-ethyl adjacent to an activating group) is 1. The van der Waals surface area contributed by atoms with Gasteiger partial charge in [-0.05, 0) is 32.4 Å². The lowest BCUT2D eigenvalue weighted by Crippen LogP contribution is -2.50. The average molecular weight is 421 g/mol. The van der Waals surface area contributed by atoms with Gasteiger partial charge in [0.25, 0.3) is 0 Å². The molecule has 1 amide bonds. The Morgan fingerprint density at radius 1 is 1.15 bits per heavy atom. The number of halogens is 2. The predicted octanol–water partition coefficient (Wildman–Crippen LogP) is 2.05. The molecule has 0 saturated carbocycles. The van der Waals surface area contributed by atoms with Crippen LogP contribution in [-0.2, 0) is 17.9 Å². The zero-order valence-corrected chi connectivity index (χ0v) is 18.3. The van der Waals surface area contributed by atoms with Crippen LogP contribution in [0, 0.1) is 0 Å². The number of nitrogens with one attached hydrogen (secondary N) is 1. The van der Waals surface area contributed by atoms with Gasteiger partial charge in [0.15, 0.2) is 0 Å². The van der Waals surface area contributed by atoms with Crippen molar-refractivity contribution in [1.29, 1.82) is 0 Å². The monoisotopic (exact) mass is 420 g/mol. The van der Waals surface area contributed by atoms with Crippen LogP contribution in [0.5, 0.6) is 0 Å². The third-order valence-corrected chi connectivity index (χ3v) is 5.75. The first kappa shape index (κ1) is 24.1. The predicted molar refractivity (Wildman–Crippen MR) is 112 cm³/mol. The van der Waals surface area contributed by atoms with Crippen molar-refractivity contribution < 1.29 is 4.79 Å². The van der Waals surface area contributed by atoms with Crippen molar-refractivity contribution in [3.63, 3.8) is 0 Å². The van der Waals surface area contributed by atoms with E-state index in [1.54, 1.807) is 0 Å². The molecule has 1 aromatic rings. The lowest BCUT2D eigenvalue weighted by Gasteiger charge is -2.37. The normalized spacial score (nSPS) is 18.4. The summed E-state index contributed by atoms with van der Waals surface area (Å²) in [5, 5.41) is 12.1. The number of hydrogen-bond acceptors (Lipinski definition) is 5. The van der Waals surface area contributed by atoms with Gasteiger partial charge in [-0.3, -0.25) is 9.69 Å². The highest BCUT2D eigenvalue weighted by Crippen LogP contribution is 2.28. The van der Waals surface area contributed by atoms with Gasteiger partial charge in [-0.2, -0.15) is 0 Å². The van der Waals surface area contributed by atoms with E-state index < -0.39 is 0 Å². The number of fused-ring (bicyclic) bond motifs is 1. The summed E-state index contributed by atoms with van der Waals surface area (Å²) in [5.74, 6) is 2.90. The smallest absolute Gasteiger partial charge is 0.239 e. The van der Waals surface area contributed by atoms with Gasteiger partial charge in [0.05, 0.1) is 12.6 Å². The molecule has 3 heterocycles. The molecular formula is C18H34Cl2N6O. The summed E-state index contributed by atoms with van der Waals surface area (Å²) in [7, 11) is 0. The molecule has 1 N–H and O–H groups in total. The summed E-state index contributed by atoms with van der Waals surface area (Å²) >= 11 is 0. The highest BCUT2D eigenvalue weighted by atomic mass is 35.5. The van der Waals surface area contributed by atoms with Crippen LogP contribution in [0.1, 0.15) is 57.6 Å². The van der Waals surface area contributed by atoms with Gasteiger partial charge in [0.1, 0.15) is 11.6 Å². The molecule has 0 spiro atoms. The Hall–Kier alpha value is -0.890. The van der Waals surface area contributed by atoms with Crippen molar-refractivity contribution in [1.82, 2.24) is 29.9 Å². The average Bonchev–Trinajstić information content (AvgIpc) is 3.10. The van der Waals surface area contributed by atoms with Crippen LogP contribution in [-0.4, -0.2) is 69.2 Å². The van der Waals surface area contributed by atoms with Crippen LogP contribution < -0.4 is 5.32 Å². The fraction of sp³-hybridized carbons (Fsp3) is 0.833. The van der Waals surface area contributed by atoms with Crippen LogP contribution in [0.15, 0.2) is 0 Å². The number of hydrogen-bond donors (Lipinski definition) is 1. The van der Waals surface area contributed by atoms with Gasteiger partial charge in [0, 0.05) is 32.1 Å². The highest BCUT2D eigenvalue weighted by molar-refractivity contribution is 5.85. The topological polar surface area (TPSA) is 66.3 Å². The van der Waals surface area contributed by atoms with Crippen molar-refractivity contribution >= 4 is 30.7 Å². The summed E-state index contributed by atoms with van der Waals surface area (Å²) in [5.41, 5.74) is 0. The minimum atomic E-state index is 0. The first-order valence-corrected chi connectivity index (χ1v) is 9.85. The Morgan fingerprint density at radius 3 is 2.41 bits per heavy atom. The maximum Gasteiger partial charge on any atom is 0.239 e. The minimum Gasteiger partial charge on any atom is -0.341 e. The third-order valence-electron chi connectivity index (χ3n) is 5.75. The second-order valence-electron chi connectivity index (χ2n) is 7.05. The zero-order valence-electron chi connectivity index (χ0n) is 16.7. The molecule has 9 heteroatoms. The molecule has 156 valence electrons. The fourth-order valence-electron chi connectivity index (χ4n) is 4.24. The van der Waals surface area contributed by atoms with Crippen molar-refractivity contribution in [3.8, 4) is 0 Å². The minimum absolute atomic E-state index is 0. The molecule has 3 rings (SSSR count). The molecule has 7 nitrogen and oxygen atoms in total. The van der Waals surface area contributed by atoms with Crippen molar-refractivity contribution in [3.05, 3.63) is 11.6 Å². The molecular weight excluding hydrogens is 387 g/mol. The molecule has 1 unspecified atom stereocenters. The molecule has 1 aromatic heterocycles. The van der Waals surface area contributed by atoms with Gasteiger partial charge in [-0.15, -0.1) is 35.0 Å². The van der Waals surface area contributed by atoms with Crippen molar-refractivity contribution in [2.45, 2.75) is 65.1 Å². The Labute approximate surface area is 175 Å². The van der Waals surface area contributed by atoms with E-state index in [2.05, 4.69) is 50.7 Å². The van der Waals surface area contributed by atoms with E-state index in [4.69, 9.17) is 0 Å². The summed E-state index contributed by atoms with van der Waals surface area (Å²) in [6.07, 6.45) is 2.86. The molecule has 2 aliphatic rings. The summed E-state index contributed by atoms with van der Waals surface area (Å²) in [4.78, 5) is 17.3. The fourth-order valence-corrected chi connectivity index (χ4v) is 4.24. The number of aromatic nitrogens is 3. The molecule has 27 heavy (non-hydrogen) atoms. The van der Waals surface area contributed by atoms with Crippen LogP contribution in [0.25, 0.3) is 0 Å². The molecule has 0 radical (unpaired) electrons. The number of rotatable bonds is 6. The van der Waals surface area contributed by atoms with Gasteiger partial charge >= 0.3 is 0 Å². The van der Waals surface area contributed by atoms with E-state index >= 15 is 0 Å². The summed E-state index contributed by atoms with van der Waals surface area (Å²) in [6.45, 7) is 12.7. The van der Waals surface area contributed by atoms with E-state index in [0.717, 1.165) is 76.7 Å². The molecule has 1 atom stereocenters. The van der Waals surface area contributed by atoms with Crippen LogP contribution in [0.3, 0.4) is 0 Å². The number of amides is 1. The van der Waals surface area contributed by atoms with Crippen molar-refractivity contribution in [2.24, 2.45) is 0 Å². The van der Waals surface area contributed by atoms with Gasteiger partial charge < -0.3 is 14.8 Å². The number of carbonyl (C=O) groups is 1. The van der Waals surface area contributed by atoms with E-state index in [0.29, 0.717) is 11.8 Å². The summed E-state index contributed by atoms with van der Waals surface area (Å²) in [6, 6.07) is 0.0264. The SMILES string of the molecule is CCC(C(=O)N1CCC(c2nnc3n2CCNC3)CC1)N(CC)CC.Cl.Cl. The Kier molecular flexibility index (Phi) is 10.0. The zero-order chi connectivity index (χ0) is 17.8. The molecule has 0 bridgehead atoms. The maximum absolute atomic E-state index is 13.0. The number of piperidine rings is 1. The Morgan fingerprint density at radius 2 is 1.81 bits per heavy atom. The van der Waals surface area contributed by atoms with Crippen molar-refractivity contribution in [2.75, 3.05) is 32.7 Å². The molecule has 1 saturated heterocycles. The Balaban J connectivity index is 0.00000182. The van der Waals surface area contributed by atoms with Gasteiger partial charge in [-0.1, -0.05) is 20.8 Å². The van der Waals surface area contributed by atoms with Crippen LogP contribution >= 0.6 is 24.8 Å². The van der Waals surface area contributed by atoms with Crippen LogP contribution in [0.4, 0.5) is 0 Å². The Bertz CT molecular complexity index is 584. The maximum atomic E-state index is 13.0. The van der Waals surface area contributed by atoms with E-state index in [1.165, 1.54) is 0 Å². The number of carbonyl (C=O) groups excluding carboxylic acids is 1. The first-order chi connectivity index (χ1) is 12.2. The van der Waals surface area contributed by atoms with Gasteiger partial charge in [0.2, 0.25) is 5.91 Å². The highest BCUT2D eigenvalue weighted by Gasteiger charge is 2.32. The lowest BCUT2D eigenvalue weighted by atomic mass is 9.95.